The highest BCUT2D eigenvalue weighted by Gasteiger charge is 2.43. The highest BCUT2D eigenvalue weighted by atomic mass is 79.9. The highest BCUT2D eigenvalue weighted by molar-refractivity contribution is 9.11. The Balaban J connectivity index is 3.04. The quantitative estimate of drug-likeness (QED) is 0.840. The molecule has 2 amide bonds. The van der Waals surface area contributed by atoms with Gasteiger partial charge in [0.2, 0.25) is 11.8 Å². The maximum absolute atomic E-state index is 12.6. The van der Waals surface area contributed by atoms with Crippen molar-refractivity contribution in [2.75, 3.05) is 6.54 Å². The summed E-state index contributed by atoms with van der Waals surface area (Å²) in [6, 6.07) is -0.832. The Labute approximate surface area is 123 Å². The minimum absolute atomic E-state index is 0.00625. The van der Waals surface area contributed by atoms with Crippen LogP contribution in [0.3, 0.4) is 0 Å². The molecule has 1 saturated heterocycles. The van der Waals surface area contributed by atoms with Gasteiger partial charge < -0.3 is 10.2 Å². The first-order valence-corrected chi connectivity index (χ1v) is 7.53. The van der Waals surface area contributed by atoms with E-state index in [9.17, 15) is 9.59 Å². The van der Waals surface area contributed by atoms with E-state index in [0.29, 0.717) is 11.0 Å². The summed E-state index contributed by atoms with van der Waals surface area (Å²) >= 11 is 3.29. The molecular formula is C14H23BrN2O2. The monoisotopic (exact) mass is 330 g/mol. The fourth-order valence-electron chi connectivity index (χ4n) is 2.40. The summed E-state index contributed by atoms with van der Waals surface area (Å²) in [5, 5.41) is 2.88. The average molecular weight is 331 g/mol. The number of hydrogen-bond acceptors (Lipinski definition) is 2. The van der Waals surface area contributed by atoms with E-state index in [1.807, 2.05) is 27.7 Å². The molecule has 0 aliphatic carbocycles. The number of hydrogen-bond donors (Lipinski definition) is 1. The van der Waals surface area contributed by atoms with Crippen molar-refractivity contribution in [3.63, 3.8) is 0 Å². The van der Waals surface area contributed by atoms with Crippen LogP contribution in [0.1, 0.15) is 34.1 Å². The van der Waals surface area contributed by atoms with Crippen molar-refractivity contribution in [3.8, 4) is 0 Å². The molecular weight excluding hydrogens is 308 g/mol. The van der Waals surface area contributed by atoms with Crippen molar-refractivity contribution in [2.45, 2.75) is 46.2 Å². The first kappa shape index (κ1) is 16.2. The topological polar surface area (TPSA) is 49.4 Å². The Hall–Kier alpha value is -0.840. The maximum atomic E-state index is 12.6. The normalized spacial score (nSPS) is 25.5. The largest absolute Gasteiger partial charge is 0.342 e. The van der Waals surface area contributed by atoms with E-state index in [-0.39, 0.29) is 23.7 Å². The van der Waals surface area contributed by atoms with E-state index in [1.54, 1.807) is 4.90 Å². The first-order chi connectivity index (χ1) is 8.79. The number of halogens is 1. The van der Waals surface area contributed by atoms with Gasteiger partial charge in [-0.3, -0.25) is 9.59 Å². The van der Waals surface area contributed by atoms with E-state index in [4.69, 9.17) is 0 Å². The molecule has 0 bridgehead atoms. The maximum Gasteiger partial charge on any atom is 0.246 e. The number of carbonyl (C=O) groups is 2. The van der Waals surface area contributed by atoms with Crippen LogP contribution in [0.15, 0.2) is 11.1 Å². The number of piperazine rings is 1. The van der Waals surface area contributed by atoms with Gasteiger partial charge >= 0.3 is 0 Å². The van der Waals surface area contributed by atoms with Gasteiger partial charge in [0.1, 0.15) is 12.1 Å². The Morgan fingerprint density at radius 1 is 1.42 bits per heavy atom. The minimum Gasteiger partial charge on any atom is -0.342 e. The van der Waals surface area contributed by atoms with E-state index >= 15 is 0 Å². The number of carbonyl (C=O) groups excluding carboxylic acids is 2. The molecule has 1 N–H and O–H groups in total. The third-order valence-corrected chi connectivity index (χ3v) is 3.89. The molecule has 0 aromatic heterocycles. The molecule has 1 aliphatic heterocycles. The van der Waals surface area contributed by atoms with E-state index in [0.717, 1.165) is 6.42 Å². The van der Waals surface area contributed by atoms with Gasteiger partial charge in [-0.25, -0.2) is 0 Å². The van der Waals surface area contributed by atoms with Gasteiger partial charge in [-0.15, -0.1) is 0 Å². The van der Waals surface area contributed by atoms with Crippen molar-refractivity contribution in [2.24, 2.45) is 11.8 Å². The second-order valence-corrected chi connectivity index (χ2v) is 6.67. The summed E-state index contributed by atoms with van der Waals surface area (Å²) in [6.45, 7) is 12.1. The van der Waals surface area contributed by atoms with E-state index in [1.165, 1.54) is 0 Å². The fraction of sp³-hybridized carbons (Fsp3) is 0.714. The van der Waals surface area contributed by atoms with Crippen LogP contribution in [0.4, 0.5) is 0 Å². The Morgan fingerprint density at radius 3 is 2.42 bits per heavy atom. The van der Waals surface area contributed by atoms with E-state index in [2.05, 4.69) is 27.8 Å². The molecule has 3 unspecified atom stereocenters. The van der Waals surface area contributed by atoms with Gasteiger partial charge in [-0.2, -0.15) is 0 Å². The van der Waals surface area contributed by atoms with Crippen molar-refractivity contribution in [1.29, 1.82) is 0 Å². The first-order valence-electron chi connectivity index (χ1n) is 6.73. The molecule has 3 atom stereocenters. The molecule has 19 heavy (non-hydrogen) atoms. The molecule has 0 aromatic carbocycles. The molecule has 0 aromatic rings. The summed E-state index contributed by atoms with van der Waals surface area (Å²) in [4.78, 5) is 26.5. The Morgan fingerprint density at radius 2 is 2.00 bits per heavy atom. The summed E-state index contributed by atoms with van der Waals surface area (Å²) in [5.74, 6) is 0.145. The number of nitrogens with one attached hydrogen (secondary N) is 1. The van der Waals surface area contributed by atoms with Crippen LogP contribution < -0.4 is 5.32 Å². The molecule has 0 saturated carbocycles. The molecule has 5 heteroatoms. The molecule has 1 rings (SSSR count). The lowest BCUT2D eigenvalue weighted by molar-refractivity contribution is -0.152. The Kier molecular flexibility index (Phi) is 5.59. The molecule has 108 valence electrons. The SMILES string of the molecule is C=C(Br)CN1C(=O)C(C(C)CC)NC(=O)C1C(C)C. The zero-order valence-corrected chi connectivity index (χ0v) is 13.7. The predicted molar refractivity (Wildman–Crippen MR) is 79.8 cm³/mol. The van der Waals surface area contributed by atoms with Gasteiger partial charge in [0.15, 0.2) is 0 Å². The molecule has 1 heterocycles. The predicted octanol–water partition coefficient (Wildman–Crippen LogP) is 2.29. The van der Waals surface area contributed by atoms with Gasteiger partial charge in [-0.05, 0) is 11.8 Å². The van der Waals surface area contributed by atoms with Gasteiger partial charge in [-0.1, -0.05) is 56.6 Å². The van der Waals surface area contributed by atoms with Gasteiger partial charge in [0.05, 0.1) is 6.54 Å². The highest BCUT2D eigenvalue weighted by Crippen LogP contribution is 2.23. The molecule has 1 fully saturated rings. The fourth-order valence-corrected chi connectivity index (χ4v) is 2.67. The smallest absolute Gasteiger partial charge is 0.246 e. The zero-order valence-electron chi connectivity index (χ0n) is 12.1. The van der Waals surface area contributed by atoms with Crippen LogP contribution in [0.5, 0.6) is 0 Å². The number of rotatable bonds is 5. The van der Waals surface area contributed by atoms with Crippen molar-refractivity contribution in [3.05, 3.63) is 11.1 Å². The molecule has 1 aliphatic rings. The van der Waals surface area contributed by atoms with Gasteiger partial charge in [0.25, 0.3) is 0 Å². The van der Waals surface area contributed by atoms with Gasteiger partial charge in [0, 0.05) is 4.48 Å². The van der Waals surface area contributed by atoms with Crippen LogP contribution in [0.2, 0.25) is 0 Å². The minimum atomic E-state index is -0.417. The van der Waals surface area contributed by atoms with Crippen LogP contribution in [-0.2, 0) is 9.59 Å². The Bertz CT molecular complexity index is 382. The summed E-state index contributed by atoms with van der Waals surface area (Å²) in [6.07, 6.45) is 0.853. The second-order valence-electron chi connectivity index (χ2n) is 5.54. The number of nitrogens with zero attached hydrogens (tertiary/aromatic N) is 1. The molecule has 4 nitrogen and oxygen atoms in total. The van der Waals surface area contributed by atoms with Crippen molar-refractivity contribution < 1.29 is 9.59 Å². The molecule has 0 radical (unpaired) electrons. The van der Waals surface area contributed by atoms with Crippen LogP contribution in [0.25, 0.3) is 0 Å². The molecule has 0 spiro atoms. The standard InChI is InChI=1S/C14H23BrN2O2/c1-6-9(4)11-14(19)17(7-10(5)15)12(8(2)3)13(18)16-11/h8-9,11-12H,5-7H2,1-4H3,(H,16,18). The summed E-state index contributed by atoms with van der Waals surface area (Å²) in [7, 11) is 0. The van der Waals surface area contributed by atoms with Crippen LogP contribution in [-0.4, -0.2) is 35.3 Å². The lowest BCUT2D eigenvalue weighted by Crippen LogP contribution is -2.66. The third-order valence-electron chi connectivity index (χ3n) is 3.64. The van der Waals surface area contributed by atoms with Crippen LogP contribution >= 0.6 is 15.9 Å². The number of amides is 2. The second kappa shape index (κ2) is 6.55. The summed E-state index contributed by atoms with van der Waals surface area (Å²) < 4.78 is 0.712. The third kappa shape index (κ3) is 3.59. The van der Waals surface area contributed by atoms with Crippen LogP contribution in [0, 0.1) is 11.8 Å². The lowest BCUT2D eigenvalue weighted by Gasteiger charge is -2.42. The van der Waals surface area contributed by atoms with Crippen molar-refractivity contribution >= 4 is 27.7 Å². The summed E-state index contributed by atoms with van der Waals surface area (Å²) in [5.41, 5.74) is 0. The lowest BCUT2D eigenvalue weighted by atomic mass is 9.91. The average Bonchev–Trinajstić information content (AvgIpc) is 2.31. The van der Waals surface area contributed by atoms with Crippen molar-refractivity contribution in [1.82, 2.24) is 10.2 Å². The zero-order chi connectivity index (χ0) is 14.7. The van der Waals surface area contributed by atoms with E-state index < -0.39 is 12.1 Å².